The number of nitrogens with one attached hydrogen (secondary N) is 1. The van der Waals surface area contributed by atoms with Crippen molar-refractivity contribution in [1.29, 1.82) is 5.26 Å². The van der Waals surface area contributed by atoms with Crippen molar-refractivity contribution in [2.24, 2.45) is 5.73 Å². The van der Waals surface area contributed by atoms with Crippen LogP contribution in [0, 0.1) is 17.1 Å². The van der Waals surface area contributed by atoms with Crippen molar-refractivity contribution in [2.45, 2.75) is 0 Å². The largest absolute Gasteiger partial charge is 0.389 e. The van der Waals surface area contributed by atoms with Gasteiger partial charge in [0.05, 0.1) is 0 Å². The lowest BCUT2D eigenvalue weighted by Crippen LogP contribution is -2.11. The Morgan fingerprint density at radius 3 is 2.53 bits per heavy atom. The Kier molecular flexibility index (Phi) is 3.77. The fourth-order valence-corrected chi connectivity index (χ4v) is 0.965. The zero-order chi connectivity index (χ0) is 11.3. The highest BCUT2D eigenvalue weighted by molar-refractivity contribution is 7.80. The van der Waals surface area contributed by atoms with Crippen molar-refractivity contribution in [2.75, 3.05) is 5.32 Å². The number of halogens is 1. The summed E-state index contributed by atoms with van der Waals surface area (Å²) in [5.74, 6) is -0.320. The molecule has 0 spiro atoms. The van der Waals surface area contributed by atoms with Crippen molar-refractivity contribution in [3.8, 4) is 6.07 Å². The van der Waals surface area contributed by atoms with Gasteiger partial charge >= 0.3 is 0 Å². The molecule has 0 bridgehead atoms. The van der Waals surface area contributed by atoms with E-state index in [0.717, 1.165) is 0 Å². The minimum atomic E-state index is -0.320. The molecule has 0 aromatic heterocycles. The van der Waals surface area contributed by atoms with E-state index in [2.05, 4.69) is 17.5 Å². The number of nitrogens with two attached hydrogens (primary N) is 1. The van der Waals surface area contributed by atoms with E-state index in [1.54, 1.807) is 12.1 Å². The summed E-state index contributed by atoms with van der Waals surface area (Å²) in [5.41, 5.74) is 6.10. The quantitative estimate of drug-likeness (QED) is 0.465. The highest BCUT2D eigenvalue weighted by Crippen LogP contribution is 2.08. The first-order chi connectivity index (χ1) is 7.13. The zero-order valence-corrected chi connectivity index (χ0v) is 8.51. The number of nitriles is 1. The highest BCUT2D eigenvalue weighted by Gasteiger charge is 1.98. The summed E-state index contributed by atoms with van der Waals surface area (Å²) in [6.07, 6.45) is 1.38. The molecule has 0 aliphatic rings. The fraction of sp³-hybridized carbons (Fsp3) is 0. The first-order valence-corrected chi connectivity index (χ1v) is 4.46. The summed E-state index contributed by atoms with van der Waals surface area (Å²) in [6, 6.07) is 7.54. The van der Waals surface area contributed by atoms with E-state index in [9.17, 15) is 4.39 Å². The van der Waals surface area contributed by atoms with Crippen LogP contribution < -0.4 is 11.1 Å². The molecule has 1 aromatic rings. The first-order valence-electron chi connectivity index (χ1n) is 4.05. The van der Waals surface area contributed by atoms with Crippen LogP contribution in [0.15, 0.2) is 36.0 Å². The van der Waals surface area contributed by atoms with Crippen LogP contribution in [0.25, 0.3) is 0 Å². The lowest BCUT2D eigenvalue weighted by Gasteiger charge is -2.00. The molecule has 0 unspecified atom stereocenters. The van der Waals surface area contributed by atoms with Crippen molar-refractivity contribution in [3.05, 3.63) is 41.9 Å². The number of anilines is 1. The maximum Gasteiger partial charge on any atom is 0.123 e. The Labute approximate surface area is 92.0 Å². The molecule has 1 aromatic carbocycles. The van der Waals surface area contributed by atoms with Crippen molar-refractivity contribution >= 4 is 22.9 Å². The standard InChI is InChI=1S/C10H8FN3S/c11-8-1-3-9(4-2-8)14-6-7(5-12)10(13)15/h1-4,6,14H,(H2,13,15)/b7-6-. The molecule has 0 aliphatic heterocycles. The summed E-state index contributed by atoms with van der Waals surface area (Å²) >= 11 is 4.64. The molecule has 3 nitrogen and oxygen atoms in total. The second-order valence-corrected chi connectivity index (χ2v) is 3.13. The number of hydrogen-bond donors (Lipinski definition) is 2. The summed E-state index contributed by atoms with van der Waals surface area (Å²) in [4.78, 5) is 0.0205. The van der Waals surface area contributed by atoms with Crippen molar-refractivity contribution < 1.29 is 4.39 Å². The van der Waals surface area contributed by atoms with Gasteiger partial charge in [-0.15, -0.1) is 0 Å². The van der Waals surface area contributed by atoms with Gasteiger partial charge in [0.15, 0.2) is 0 Å². The molecule has 3 N–H and O–H groups in total. The van der Waals surface area contributed by atoms with E-state index in [-0.39, 0.29) is 16.4 Å². The Balaban J connectivity index is 2.76. The maximum atomic E-state index is 12.5. The number of nitrogens with zero attached hydrogens (tertiary/aromatic N) is 1. The summed E-state index contributed by atoms with van der Waals surface area (Å²) in [7, 11) is 0. The van der Waals surface area contributed by atoms with Gasteiger partial charge in [0, 0.05) is 11.9 Å². The van der Waals surface area contributed by atoms with Crippen LogP contribution in [0.3, 0.4) is 0 Å². The molecule has 76 valence electrons. The Hall–Kier alpha value is -1.93. The van der Waals surface area contributed by atoms with Gasteiger partial charge in [-0.25, -0.2) is 4.39 Å². The lowest BCUT2D eigenvalue weighted by atomic mass is 10.3. The van der Waals surface area contributed by atoms with Crippen molar-refractivity contribution in [1.82, 2.24) is 0 Å². The summed E-state index contributed by atoms with van der Waals surface area (Å²) in [6.45, 7) is 0. The molecular weight excluding hydrogens is 213 g/mol. The highest BCUT2D eigenvalue weighted by atomic mass is 32.1. The van der Waals surface area contributed by atoms with Gasteiger partial charge in [0.25, 0.3) is 0 Å². The van der Waals surface area contributed by atoms with E-state index >= 15 is 0 Å². The Bertz CT molecular complexity index is 431. The van der Waals surface area contributed by atoms with E-state index in [0.29, 0.717) is 5.69 Å². The Morgan fingerprint density at radius 1 is 1.47 bits per heavy atom. The molecule has 0 aliphatic carbocycles. The molecule has 0 radical (unpaired) electrons. The van der Waals surface area contributed by atoms with Gasteiger partial charge in [0.1, 0.15) is 22.4 Å². The van der Waals surface area contributed by atoms with E-state index < -0.39 is 0 Å². The Morgan fingerprint density at radius 2 is 2.07 bits per heavy atom. The van der Waals surface area contributed by atoms with Crippen LogP contribution in [0.4, 0.5) is 10.1 Å². The predicted molar refractivity (Wildman–Crippen MR) is 60.5 cm³/mol. The van der Waals surface area contributed by atoms with Gasteiger partial charge < -0.3 is 11.1 Å². The maximum absolute atomic E-state index is 12.5. The third-order valence-corrected chi connectivity index (χ3v) is 1.83. The number of benzene rings is 1. The zero-order valence-electron chi connectivity index (χ0n) is 7.70. The average Bonchev–Trinajstić information content (AvgIpc) is 2.21. The topological polar surface area (TPSA) is 61.8 Å². The minimum absolute atomic E-state index is 0.0205. The van der Waals surface area contributed by atoms with E-state index in [4.69, 9.17) is 11.0 Å². The predicted octanol–water partition coefficient (Wildman–Crippen LogP) is 1.93. The summed E-state index contributed by atoms with van der Waals surface area (Å²) in [5, 5.41) is 11.4. The molecule has 0 saturated carbocycles. The first kappa shape index (κ1) is 11.1. The minimum Gasteiger partial charge on any atom is -0.389 e. The number of rotatable bonds is 3. The second kappa shape index (κ2) is 5.08. The SMILES string of the molecule is N#C/C(=C/Nc1ccc(F)cc1)C(N)=S. The van der Waals surface area contributed by atoms with Crippen LogP contribution in [0.1, 0.15) is 0 Å². The average molecular weight is 221 g/mol. The number of hydrogen-bond acceptors (Lipinski definition) is 3. The van der Waals surface area contributed by atoms with Crippen LogP contribution in [-0.2, 0) is 0 Å². The molecule has 0 heterocycles. The summed E-state index contributed by atoms with van der Waals surface area (Å²) < 4.78 is 12.5. The van der Waals surface area contributed by atoms with Crippen LogP contribution in [0.5, 0.6) is 0 Å². The molecular formula is C10H8FN3S. The van der Waals surface area contributed by atoms with Crippen molar-refractivity contribution in [3.63, 3.8) is 0 Å². The molecule has 0 atom stereocenters. The van der Waals surface area contributed by atoms with Crippen LogP contribution in [0.2, 0.25) is 0 Å². The monoisotopic (exact) mass is 221 g/mol. The molecule has 0 fully saturated rings. The van der Waals surface area contributed by atoms with E-state index in [1.165, 1.54) is 18.3 Å². The molecule has 15 heavy (non-hydrogen) atoms. The fourth-order valence-electron chi connectivity index (χ4n) is 0.860. The number of thiocarbonyl (C=S) groups is 1. The van der Waals surface area contributed by atoms with Gasteiger partial charge in [-0.1, -0.05) is 12.2 Å². The third kappa shape index (κ3) is 3.37. The van der Waals surface area contributed by atoms with Crippen LogP contribution >= 0.6 is 12.2 Å². The van der Waals surface area contributed by atoms with Gasteiger partial charge in [-0.05, 0) is 24.3 Å². The van der Waals surface area contributed by atoms with Gasteiger partial charge in [-0.3, -0.25) is 0 Å². The van der Waals surface area contributed by atoms with Crippen LogP contribution in [-0.4, -0.2) is 4.99 Å². The van der Waals surface area contributed by atoms with Gasteiger partial charge in [-0.2, -0.15) is 5.26 Å². The smallest absolute Gasteiger partial charge is 0.123 e. The molecule has 0 amide bonds. The molecule has 0 saturated heterocycles. The third-order valence-electron chi connectivity index (χ3n) is 1.61. The second-order valence-electron chi connectivity index (χ2n) is 2.69. The molecule has 5 heteroatoms. The van der Waals surface area contributed by atoms with Gasteiger partial charge in [0.2, 0.25) is 0 Å². The normalized spacial score (nSPS) is 10.5. The molecule has 1 rings (SSSR count). The lowest BCUT2D eigenvalue weighted by molar-refractivity contribution is 0.628. The van der Waals surface area contributed by atoms with E-state index in [1.807, 2.05) is 6.07 Å².